The Hall–Kier alpha value is -2.40. The molecular formula is C20H21F3N2O4S2. The van der Waals surface area contributed by atoms with Crippen molar-refractivity contribution in [1.82, 2.24) is 4.90 Å². The molecule has 2 aromatic rings. The average molecular weight is 475 g/mol. The van der Waals surface area contributed by atoms with Crippen LogP contribution in [-0.4, -0.2) is 44.9 Å². The molecule has 1 aliphatic rings. The topological polar surface area (TPSA) is 75.7 Å². The smallest absolute Gasteiger partial charge is 0.406 e. The van der Waals surface area contributed by atoms with E-state index in [2.05, 4.69) is 9.46 Å². The van der Waals surface area contributed by atoms with Gasteiger partial charge in [0.15, 0.2) is 0 Å². The van der Waals surface area contributed by atoms with Crippen LogP contribution in [0.1, 0.15) is 29.6 Å². The van der Waals surface area contributed by atoms with Crippen molar-refractivity contribution >= 4 is 33.4 Å². The molecule has 1 N–H and O–H groups in total. The van der Waals surface area contributed by atoms with Crippen molar-refractivity contribution < 1.29 is 31.1 Å². The van der Waals surface area contributed by atoms with Crippen molar-refractivity contribution in [2.24, 2.45) is 0 Å². The lowest BCUT2D eigenvalue weighted by atomic mass is 10.1. The predicted octanol–water partition coefficient (Wildman–Crippen LogP) is 4.73. The summed E-state index contributed by atoms with van der Waals surface area (Å²) < 4.78 is 68.5. The highest BCUT2D eigenvalue weighted by atomic mass is 32.2. The Balaban J connectivity index is 1.83. The molecule has 11 heteroatoms. The van der Waals surface area contributed by atoms with E-state index in [0.717, 1.165) is 43.5 Å². The van der Waals surface area contributed by atoms with Crippen LogP contribution in [0.2, 0.25) is 0 Å². The molecule has 2 aromatic carbocycles. The third-order valence-corrected chi connectivity index (χ3v) is 6.87. The quantitative estimate of drug-likeness (QED) is 0.613. The number of rotatable bonds is 6. The van der Waals surface area contributed by atoms with Gasteiger partial charge in [0.2, 0.25) is 0 Å². The number of amides is 1. The fourth-order valence-electron chi connectivity index (χ4n) is 3.23. The maximum absolute atomic E-state index is 13.0. The predicted molar refractivity (Wildman–Crippen MR) is 112 cm³/mol. The third-order valence-electron chi connectivity index (χ3n) is 4.70. The fourth-order valence-corrected chi connectivity index (χ4v) is 4.88. The molecule has 1 fully saturated rings. The van der Waals surface area contributed by atoms with Gasteiger partial charge in [-0.1, -0.05) is 0 Å². The molecule has 31 heavy (non-hydrogen) atoms. The second-order valence-corrected chi connectivity index (χ2v) is 9.42. The van der Waals surface area contributed by atoms with E-state index in [1.165, 1.54) is 23.9 Å². The highest BCUT2D eigenvalue weighted by molar-refractivity contribution is 7.98. The zero-order valence-electron chi connectivity index (χ0n) is 16.6. The average Bonchev–Trinajstić information content (AvgIpc) is 2.73. The number of ether oxygens (including phenoxy) is 1. The van der Waals surface area contributed by atoms with Crippen molar-refractivity contribution in [3.8, 4) is 5.75 Å². The Morgan fingerprint density at radius 1 is 1.06 bits per heavy atom. The summed E-state index contributed by atoms with van der Waals surface area (Å²) in [5.74, 6) is -0.677. The zero-order valence-corrected chi connectivity index (χ0v) is 18.2. The van der Waals surface area contributed by atoms with Crippen LogP contribution in [0.25, 0.3) is 0 Å². The van der Waals surface area contributed by atoms with E-state index in [0.29, 0.717) is 23.5 Å². The largest absolute Gasteiger partial charge is 0.573 e. The number of carbonyl (C=O) groups is 1. The third kappa shape index (κ3) is 6.07. The van der Waals surface area contributed by atoms with Gasteiger partial charge in [-0.2, -0.15) is 0 Å². The first-order chi connectivity index (χ1) is 14.6. The minimum absolute atomic E-state index is 0.0624. The molecule has 6 nitrogen and oxygen atoms in total. The van der Waals surface area contributed by atoms with Crippen LogP contribution in [0.5, 0.6) is 5.75 Å². The van der Waals surface area contributed by atoms with Crippen LogP contribution >= 0.6 is 11.8 Å². The summed E-state index contributed by atoms with van der Waals surface area (Å²) in [7, 11) is -4.07. The van der Waals surface area contributed by atoms with Gasteiger partial charge in [-0.25, -0.2) is 8.42 Å². The highest BCUT2D eigenvalue weighted by Crippen LogP contribution is 2.28. The second-order valence-electron chi connectivity index (χ2n) is 6.89. The Kier molecular flexibility index (Phi) is 7.05. The van der Waals surface area contributed by atoms with Gasteiger partial charge in [0.05, 0.1) is 10.5 Å². The number of thioether (sulfide) groups is 1. The first-order valence-corrected chi connectivity index (χ1v) is 12.2. The molecule has 1 saturated heterocycles. The maximum Gasteiger partial charge on any atom is 0.573 e. The van der Waals surface area contributed by atoms with Crippen LogP contribution in [0.15, 0.2) is 52.3 Å². The van der Waals surface area contributed by atoms with E-state index < -0.39 is 22.1 Å². The number of hydrogen-bond donors (Lipinski definition) is 1. The number of halogens is 3. The van der Waals surface area contributed by atoms with Crippen molar-refractivity contribution in [3.05, 3.63) is 48.0 Å². The second kappa shape index (κ2) is 9.39. The Morgan fingerprint density at radius 3 is 2.29 bits per heavy atom. The van der Waals surface area contributed by atoms with Gasteiger partial charge in [-0.3, -0.25) is 9.52 Å². The molecule has 0 atom stereocenters. The van der Waals surface area contributed by atoms with Crippen LogP contribution in [0.4, 0.5) is 18.9 Å². The van der Waals surface area contributed by atoms with E-state index in [9.17, 15) is 26.4 Å². The van der Waals surface area contributed by atoms with E-state index in [1.54, 1.807) is 17.2 Å². The summed E-state index contributed by atoms with van der Waals surface area (Å²) >= 11 is 1.35. The summed E-state index contributed by atoms with van der Waals surface area (Å²) in [6.07, 6.45) is -0.150. The van der Waals surface area contributed by atoms with Gasteiger partial charge < -0.3 is 9.64 Å². The number of alkyl halides is 3. The number of benzene rings is 2. The SMILES string of the molecule is CSc1ccc(S(=O)(=O)Nc2ccc(OC(F)(F)F)cc2)cc1C(=O)N1CCCCC1. The first kappa shape index (κ1) is 23.3. The zero-order chi connectivity index (χ0) is 22.6. The number of anilines is 1. The minimum Gasteiger partial charge on any atom is -0.406 e. The minimum atomic E-state index is -4.84. The molecule has 1 heterocycles. The molecule has 3 rings (SSSR count). The lowest BCUT2D eigenvalue weighted by molar-refractivity contribution is -0.274. The Labute approximate surface area is 182 Å². The van der Waals surface area contributed by atoms with Gasteiger partial charge >= 0.3 is 6.36 Å². The normalized spacial score (nSPS) is 14.9. The molecular weight excluding hydrogens is 453 g/mol. The number of likely N-dealkylation sites (tertiary alicyclic amines) is 1. The van der Waals surface area contributed by atoms with Crippen molar-refractivity contribution in [1.29, 1.82) is 0 Å². The summed E-state index contributed by atoms with van der Waals surface area (Å²) in [6.45, 7) is 1.27. The molecule has 0 aliphatic carbocycles. The lowest BCUT2D eigenvalue weighted by Crippen LogP contribution is -2.36. The molecule has 0 unspecified atom stereocenters. The summed E-state index contributed by atoms with van der Waals surface area (Å²) in [4.78, 5) is 15.2. The number of piperidine rings is 1. The fraction of sp³-hybridized carbons (Fsp3) is 0.350. The molecule has 0 spiro atoms. The van der Waals surface area contributed by atoms with E-state index in [4.69, 9.17) is 0 Å². The highest BCUT2D eigenvalue weighted by Gasteiger charge is 2.31. The first-order valence-electron chi connectivity index (χ1n) is 9.45. The van der Waals surface area contributed by atoms with E-state index in [-0.39, 0.29) is 16.5 Å². The van der Waals surface area contributed by atoms with Crippen LogP contribution in [0, 0.1) is 0 Å². The van der Waals surface area contributed by atoms with Gasteiger partial charge in [0.1, 0.15) is 5.75 Å². The molecule has 0 aromatic heterocycles. The standard InChI is InChI=1S/C20H21F3N2O4S2/c1-30-18-10-9-16(13-17(18)19(26)25-11-3-2-4-12-25)31(27,28)24-14-5-7-15(8-6-14)29-20(21,22)23/h5-10,13,24H,2-4,11-12H2,1H3. The van der Waals surface area contributed by atoms with Crippen molar-refractivity contribution in [2.75, 3.05) is 24.1 Å². The van der Waals surface area contributed by atoms with Crippen LogP contribution < -0.4 is 9.46 Å². The lowest BCUT2D eigenvalue weighted by Gasteiger charge is -2.27. The molecule has 0 bridgehead atoms. The van der Waals surface area contributed by atoms with Gasteiger partial charge in [0.25, 0.3) is 15.9 Å². The number of nitrogens with one attached hydrogen (secondary N) is 1. The number of nitrogens with zero attached hydrogens (tertiary/aromatic N) is 1. The van der Waals surface area contributed by atoms with Gasteiger partial charge in [-0.05, 0) is 68.0 Å². The Morgan fingerprint density at radius 2 is 1.71 bits per heavy atom. The van der Waals surface area contributed by atoms with Crippen LogP contribution in [-0.2, 0) is 10.0 Å². The van der Waals surface area contributed by atoms with Gasteiger partial charge in [-0.15, -0.1) is 24.9 Å². The molecule has 0 radical (unpaired) electrons. The molecule has 1 aliphatic heterocycles. The summed E-state index contributed by atoms with van der Waals surface area (Å²) in [5, 5.41) is 0. The molecule has 0 saturated carbocycles. The van der Waals surface area contributed by atoms with Gasteiger partial charge in [0, 0.05) is 23.7 Å². The number of sulfonamides is 1. The summed E-state index contributed by atoms with van der Waals surface area (Å²) in [6, 6.07) is 8.65. The Bertz CT molecular complexity index is 1040. The van der Waals surface area contributed by atoms with E-state index >= 15 is 0 Å². The molecule has 1 amide bonds. The molecule has 168 valence electrons. The monoisotopic (exact) mass is 474 g/mol. The summed E-state index contributed by atoms with van der Waals surface area (Å²) in [5.41, 5.74) is 0.374. The van der Waals surface area contributed by atoms with Crippen molar-refractivity contribution in [2.45, 2.75) is 35.4 Å². The number of hydrogen-bond acceptors (Lipinski definition) is 5. The van der Waals surface area contributed by atoms with Crippen LogP contribution in [0.3, 0.4) is 0 Å². The number of carbonyl (C=O) groups excluding carboxylic acids is 1. The maximum atomic E-state index is 13.0. The van der Waals surface area contributed by atoms with E-state index in [1.807, 2.05) is 0 Å². The van der Waals surface area contributed by atoms with Crippen molar-refractivity contribution in [3.63, 3.8) is 0 Å².